The van der Waals surface area contributed by atoms with Crippen LogP contribution in [0, 0.1) is 11.8 Å². The van der Waals surface area contributed by atoms with E-state index in [0.29, 0.717) is 0 Å². The lowest BCUT2D eigenvalue weighted by atomic mass is 9.74. The highest BCUT2D eigenvalue weighted by Gasteiger charge is 2.28. The normalized spacial score (nSPS) is 21.0. The molecule has 0 radical (unpaired) electrons. The number of allylic oxidation sites excluding steroid dienone is 9. The van der Waals surface area contributed by atoms with E-state index in [0.717, 1.165) is 11.8 Å². The first-order valence-corrected chi connectivity index (χ1v) is 11.2. The van der Waals surface area contributed by atoms with Gasteiger partial charge in [-0.3, -0.25) is 0 Å². The molecule has 2 aliphatic carbocycles. The summed E-state index contributed by atoms with van der Waals surface area (Å²) in [6.45, 7) is 23.6. The van der Waals surface area contributed by atoms with E-state index in [2.05, 4.69) is 67.2 Å². The molecule has 0 nitrogen and oxygen atoms in total. The van der Waals surface area contributed by atoms with Crippen molar-refractivity contribution in [2.75, 3.05) is 0 Å². The first-order chi connectivity index (χ1) is 12.9. The van der Waals surface area contributed by atoms with Crippen molar-refractivity contribution in [2.45, 2.75) is 101 Å². The Labute approximate surface area is 171 Å². The molecule has 0 aromatic carbocycles. The molecule has 154 valence electrons. The summed E-state index contributed by atoms with van der Waals surface area (Å²) in [6, 6.07) is 0. The fraction of sp³-hybridized carbons (Fsp3) is 0.630. The van der Waals surface area contributed by atoms with Gasteiger partial charge in [-0.15, -0.1) is 0 Å². The number of hydrogen-bond donors (Lipinski definition) is 0. The van der Waals surface area contributed by atoms with Gasteiger partial charge in [-0.2, -0.15) is 0 Å². The van der Waals surface area contributed by atoms with E-state index in [4.69, 9.17) is 0 Å². The van der Waals surface area contributed by atoms with Crippen LogP contribution in [0.1, 0.15) is 101 Å². The molecule has 0 spiro atoms. The second-order valence-electron chi connectivity index (χ2n) is 7.92. The molecule has 2 atom stereocenters. The quantitative estimate of drug-likeness (QED) is 0.423. The molecule has 0 N–H and O–H groups in total. The standard InChI is InChI=1S/C22H32.C3H8.C2H6/c1-7-15(3)22(16(4)8-2)13-18(6)19-11-12-21-17(5)9-10-20(21)14-19;1-3-2;1-2/h7-8,10,18-19H,1,9,11-14H2,2-6H3;3H2,1-2H3;1-2H3/b16-8-,22-15-;;. The summed E-state index contributed by atoms with van der Waals surface area (Å²) in [5.74, 6) is 1.57. The summed E-state index contributed by atoms with van der Waals surface area (Å²) in [5.41, 5.74) is 9.23. The molecule has 0 heterocycles. The summed E-state index contributed by atoms with van der Waals surface area (Å²) >= 11 is 0. The lowest BCUT2D eigenvalue weighted by molar-refractivity contribution is 0.317. The Morgan fingerprint density at radius 3 is 2.37 bits per heavy atom. The third-order valence-corrected chi connectivity index (χ3v) is 5.83. The third kappa shape index (κ3) is 7.68. The van der Waals surface area contributed by atoms with Crippen molar-refractivity contribution in [2.24, 2.45) is 11.8 Å². The molecular weight excluding hydrogens is 324 g/mol. The van der Waals surface area contributed by atoms with Crippen molar-refractivity contribution >= 4 is 0 Å². The second kappa shape index (κ2) is 13.8. The topological polar surface area (TPSA) is 0 Å². The van der Waals surface area contributed by atoms with Crippen LogP contribution in [0.3, 0.4) is 0 Å². The summed E-state index contributed by atoms with van der Waals surface area (Å²) in [4.78, 5) is 0. The van der Waals surface area contributed by atoms with Crippen molar-refractivity contribution in [1.29, 1.82) is 0 Å². The minimum atomic E-state index is 0.739. The molecule has 0 amide bonds. The van der Waals surface area contributed by atoms with E-state index in [1.807, 2.05) is 19.9 Å². The van der Waals surface area contributed by atoms with Crippen LogP contribution in [0.25, 0.3) is 0 Å². The van der Waals surface area contributed by atoms with Crippen molar-refractivity contribution in [3.05, 3.63) is 58.2 Å². The highest BCUT2D eigenvalue weighted by atomic mass is 14.3. The smallest absolute Gasteiger partial charge is 0.0130 e. The summed E-state index contributed by atoms with van der Waals surface area (Å²) in [7, 11) is 0. The molecule has 27 heavy (non-hydrogen) atoms. The molecule has 0 aromatic rings. The lowest BCUT2D eigenvalue weighted by Crippen LogP contribution is -2.18. The van der Waals surface area contributed by atoms with Crippen LogP contribution in [0.4, 0.5) is 0 Å². The van der Waals surface area contributed by atoms with Gasteiger partial charge in [0.25, 0.3) is 0 Å². The van der Waals surface area contributed by atoms with Crippen molar-refractivity contribution in [3.8, 4) is 0 Å². The van der Waals surface area contributed by atoms with Crippen LogP contribution in [0.2, 0.25) is 0 Å². The monoisotopic (exact) mass is 370 g/mol. The van der Waals surface area contributed by atoms with Crippen LogP contribution in [0.15, 0.2) is 58.2 Å². The van der Waals surface area contributed by atoms with Gasteiger partial charge >= 0.3 is 0 Å². The molecular formula is C27H46. The van der Waals surface area contributed by atoms with E-state index < -0.39 is 0 Å². The minimum Gasteiger partial charge on any atom is -0.0988 e. The molecule has 2 rings (SSSR count). The average molecular weight is 371 g/mol. The molecule has 0 aliphatic heterocycles. The van der Waals surface area contributed by atoms with Crippen LogP contribution >= 0.6 is 0 Å². The fourth-order valence-electron chi connectivity index (χ4n) is 4.00. The zero-order valence-electron chi connectivity index (χ0n) is 19.8. The number of fused-ring (bicyclic) bond motifs is 1. The molecule has 2 aliphatic rings. The van der Waals surface area contributed by atoms with Gasteiger partial charge in [0.1, 0.15) is 0 Å². The van der Waals surface area contributed by atoms with E-state index >= 15 is 0 Å². The van der Waals surface area contributed by atoms with Gasteiger partial charge in [-0.05, 0) is 93.9 Å². The first kappa shape index (κ1) is 25.7. The van der Waals surface area contributed by atoms with Crippen LogP contribution in [-0.4, -0.2) is 0 Å². The zero-order valence-corrected chi connectivity index (χ0v) is 19.8. The zero-order chi connectivity index (χ0) is 21.0. The van der Waals surface area contributed by atoms with E-state index in [1.165, 1.54) is 55.2 Å². The van der Waals surface area contributed by atoms with Gasteiger partial charge in [0.05, 0.1) is 0 Å². The third-order valence-electron chi connectivity index (χ3n) is 5.83. The SMILES string of the molecule is C=C/C(C)=C(CC(C)C1CCC2=C(C)CC=C2C1)\C(C)=C/C.CC.CCC. The van der Waals surface area contributed by atoms with Crippen molar-refractivity contribution in [1.82, 2.24) is 0 Å². The maximum atomic E-state index is 3.97. The van der Waals surface area contributed by atoms with Gasteiger partial charge in [0, 0.05) is 0 Å². The minimum absolute atomic E-state index is 0.739. The van der Waals surface area contributed by atoms with E-state index in [9.17, 15) is 0 Å². The molecule has 2 unspecified atom stereocenters. The second-order valence-corrected chi connectivity index (χ2v) is 7.92. The van der Waals surface area contributed by atoms with Gasteiger partial charge in [0.15, 0.2) is 0 Å². The molecule has 1 saturated carbocycles. The Balaban J connectivity index is 0.00000123. The Morgan fingerprint density at radius 2 is 1.85 bits per heavy atom. The predicted molar refractivity (Wildman–Crippen MR) is 126 cm³/mol. The van der Waals surface area contributed by atoms with Gasteiger partial charge in [-0.1, -0.05) is 77.0 Å². The van der Waals surface area contributed by atoms with Gasteiger partial charge in [0.2, 0.25) is 0 Å². The maximum absolute atomic E-state index is 3.97. The summed E-state index contributed by atoms with van der Waals surface area (Å²) < 4.78 is 0. The molecule has 0 aromatic heterocycles. The Morgan fingerprint density at radius 1 is 1.26 bits per heavy atom. The predicted octanol–water partition coefficient (Wildman–Crippen LogP) is 9.37. The number of hydrogen-bond acceptors (Lipinski definition) is 0. The average Bonchev–Trinajstić information content (AvgIpc) is 3.07. The Kier molecular flexibility index (Phi) is 13.1. The Bertz CT molecular complexity index is 577. The summed E-state index contributed by atoms with van der Waals surface area (Å²) in [5, 5.41) is 0. The highest BCUT2D eigenvalue weighted by Crippen LogP contribution is 2.43. The lowest BCUT2D eigenvalue weighted by Gasteiger charge is -2.31. The van der Waals surface area contributed by atoms with Crippen LogP contribution in [-0.2, 0) is 0 Å². The molecule has 0 bridgehead atoms. The molecule has 0 heteroatoms. The summed E-state index contributed by atoms with van der Waals surface area (Å²) in [6.07, 6.45) is 14.3. The maximum Gasteiger partial charge on any atom is -0.0130 e. The highest BCUT2D eigenvalue weighted by molar-refractivity contribution is 5.43. The van der Waals surface area contributed by atoms with E-state index in [-0.39, 0.29) is 0 Å². The fourth-order valence-corrected chi connectivity index (χ4v) is 4.00. The number of rotatable bonds is 5. The molecule has 0 saturated heterocycles. The van der Waals surface area contributed by atoms with Crippen molar-refractivity contribution in [3.63, 3.8) is 0 Å². The largest absolute Gasteiger partial charge is 0.0988 e. The van der Waals surface area contributed by atoms with Crippen molar-refractivity contribution < 1.29 is 0 Å². The van der Waals surface area contributed by atoms with E-state index in [1.54, 1.807) is 16.7 Å². The first-order valence-electron chi connectivity index (χ1n) is 11.2. The molecule has 1 fully saturated rings. The van der Waals surface area contributed by atoms with Crippen LogP contribution in [0.5, 0.6) is 0 Å². The van der Waals surface area contributed by atoms with Gasteiger partial charge in [-0.25, -0.2) is 0 Å². The van der Waals surface area contributed by atoms with Gasteiger partial charge < -0.3 is 0 Å². The van der Waals surface area contributed by atoms with Crippen LogP contribution < -0.4 is 0 Å². The Hall–Kier alpha value is -1.30.